The fourth-order valence-corrected chi connectivity index (χ4v) is 5.27. The zero-order valence-corrected chi connectivity index (χ0v) is 26.3. The number of carboxylic acids is 1. The van der Waals surface area contributed by atoms with Gasteiger partial charge in [0.2, 0.25) is 17.7 Å². The highest BCUT2D eigenvalue weighted by Crippen LogP contribution is 2.20. The fraction of sp³-hybridized carbons (Fsp3) is 0.314. The van der Waals surface area contributed by atoms with E-state index in [1.165, 1.54) is 24.3 Å². The number of para-hydroxylation sites is 1. The summed E-state index contributed by atoms with van der Waals surface area (Å²) in [5.74, 6) is -3.44. The van der Waals surface area contributed by atoms with Gasteiger partial charge in [-0.1, -0.05) is 62.7 Å². The van der Waals surface area contributed by atoms with Gasteiger partial charge in [-0.3, -0.25) is 14.4 Å². The molecule has 47 heavy (non-hydrogen) atoms. The second-order valence-corrected chi connectivity index (χ2v) is 11.7. The third kappa shape index (κ3) is 9.33. The number of hydrogen-bond acceptors (Lipinski definition) is 7. The molecule has 0 aliphatic rings. The monoisotopic (exact) mass is 643 g/mol. The second-order valence-electron chi connectivity index (χ2n) is 11.7. The molecule has 5 unspecified atom stereocenters. The van der Waals surface area contributed by atoms with Crippen molar-refractivity contribution < 1.29 is 34.5 Å². The first-order valence-corrected chi connectivity index (χ1v) is 15.5. The first kappa shape index (κ1) is 34.5. The van der Waals surface area contributed by atoms with Crippen molar-refractivity contribution in [2.45, 2.75) is 63.7 Å². The Morgan fingerprint density at radius 2 is 1.32 bits per heavy atom. The molecule has 3 amide bonds. The van der Waals surface area contributed by atoms with E-state index in [0.717, 1.165) is 16.5 Å². The second kappa shape index (κ2) is 15.8. The number of benzene rings is 3. The Kier molecular flexibility index (Phi) is 11.6. The summed E-state index contributed by atoms with van der Waals surface area (Å²) >= 11 is 0. The van der Waals surface area contributed by atoms with Gasteiger partial charge in [-0.2, -0.15) is 0 Å². The van der Waals surface area contributed by atoms with Gasteiger partial charge in [0.25, 0.3) is 0 Å². The van der Waals surface area contributed by atoms with Crippen molar-refractivity contribution in [2.24, 2.45) is 11.7 Å². The number of carboxylic acid groups (broad SMARTS) is 1. The van der Waals surface area contributed by atoms with Crippen molar-refractivity contribution >= 4 is 34.6 Å². The van der Waals surface area contributed by atoms with Crippen LogP contribution in [-0.2, 0) is 38.4 Å². The van der Waals surface area contributed by atoms with Gasteiger partial charge in [-0.05, 0) is 59.4 Å². The van der Waals surface area contributed by atoms with Crippen LogP contribution in [0.25, 0.3) is 10.9 Å². The van der Waals surface area contributed by atoms with Gasteiger partial charge in [0.05, 0.1) is 6.04 Å². The van der Waals surface area contributed by atoms with Crippen molar-refractivity contribution in [3.8, 4) is 11.5 Å². The predicted octanol–water partition coefficient (Wildman–Crippen LogP) is 2.52. The molecule has 5 atom stereocenters. The summed E-state index contributed by atoms with van der Waals surface area (Å²) in [7, 11) is 0. The third-order valence-corrected chi connectivity index (χ3v) is 8.24. The predicted molar refractivity (Wildman–Crippen MR) is 176 cm³/mol. The SMILES string of the molecule is CCC(C)C(NC(=O)C(Cc1ccc(O)cc1)NC(=O)C(N)Cc1ccc(O)cc1)C(=O)NC(Cc1c[nH]c2ccccc12)C(=O)O. The Hall–Kier alpha value is -5.36. The van der Waals surface area contributed by atoms with Gasteiger partial charge in [0, 0.05) is 29.9 Å². The first-order chi connectivity index (χ1) is 22.4. The van der Waals surface area contributed by atoms with Gasteiger partial charge in [0.15, 0.2) is 0 Å². The molecular formula is C35H41N5O7. The molecule has 1 aromatic heterocycles. The lowest BCUT2D eigenvalue weighted by Crippen LogP contribution is -2.59. The molecule has 12 nitrogen and oxygen atoms in total. The van der Waals surface area contributed by atoms with E-state index in [-0.39, 0.29) is 36.7 Å². The van der Waals surface area contributed by atoms with Crippen molar-refractivity contribution in [2.75, 3.05) is 0 Å². The van der Waals surface area contributed by atoms with E-state index in [4.69, 9.17) is 5.73 Å². The van der Waals surface area contributed by atoms with Gasteiger partial charge in [-0.25, -0.2) is 4.79 Å². The number of hydrogen-bond donors (Lipinski definition) is 8. The average molecular weight is 644 g/mol. The minimum atomic E-state index is -1.27. The Morgan fingerprint density at radius 3 is 1.91 bits per heavy atom. The molecule has 0 radical (unpaired) electrons. The van der Waals surface area contributed by atoms with E-state index in [1.807, 2.05) is 31.2 Å². The van der Waals surface area contributed by atoms with E-state index in [1.54, 1.807) is 37.4 Å². The number of phenolic OH excluding ortho intramolecular Hbond substituents is 2. The van der Waals surface area contributed by atoms with Crippen LogP contribution >= 0.6 is 0 Å². The van der Waals surface area contributed by atoms with Gasteiger partial charge in [-0.15, -0.1) is 0 Å². The maximum Gasteiger partial charge on any atom is 0.326 e. The summed E-state index contributed by atoms with van der Waals surface area (Å²) in [6.07, 6.45) is 2.39. The van der Waals surface area contributed by atoms with Crippen molar-refractivity contribution in [3.63, 3.8) is 0 Å². The van der Waals surface area contributed by atoms with E-state index >= 15 is 0 Å². The topological polar surface area (TPSA) is 207 Å². The Balaban J connectivity index is 1.51. The van der Waals surface area contributed by atoms with Crippen LogP contribution in [0.3, 0.4) is 0 Å². The molecule has 4 aromatic rings. The minimum Gasteiger partial charge on any atom is -0.508 e. The van der Waals surface area contributed by atoms with Crippen LogP contribution in [0, 0.1) is 5.92 Å². The maximum atomic E-state index is 13.8. The highest BCUT2D eigenvalue weighted by Gasteiger charge is 2.33. The number of aromatic nitrogens is 1. The molecule has 0 bridgehead atoms. The number of fused-ring (bicyclic) bond motifs is 1. The molecule has 0 saturated carbocycles. The van der Waals surface area contributed by atoms with E-state index in [0.29, 0.717) is 17.5 Å². The number of carbonyl (C=O) groups is 4. The fourth-order valence-electron chi connectivity index (χ4n) is 5.27. The number of phenols is 2. The van der Waals surface area contributed by atoms with Crippen molar-refractivity contribution in [3.05, 3.63) is 95.7 Å². The largest absolute Gasteiger partial charge is 0.508 e. The molecule has 9 N–H and O–H groups in total. The standard InChI is InChI=1S/C35H41N5O7/c1-3-20(2)31(34(45)39-30(35(46)47)18-23-19-37-28-7-5-4-6-26(23)28)40-33(44)29(17-22-10-14-25(42)15-11-22)38-32(43)27(36)16-21-8-12-24(41)13-9-21/h4-15,19-20,27,29-31,37,41-42H,3,16-18,36H2,1-2H3,(H,38,43)(H,39,45)(H,40,44)(H,46,47). The molecule has 4 rings (SSSR count). The number of H-pyrrole nitrogens is 1. The molecular weight excluding hydrogens is 602 g/mol. The van der Waals surface area contributed by atoms with E-state index in [2.05, 4.69) is 20.9 Å². The number of aromatic hydroxyl groups is 2. The molecule has 0 aliphatic heterocycles. The van der Waals surface area contributed by atoms with E-state index in [9.17, 15) is 34.5 Å². The number of aliphatic carboxylic acids is 1. The molecule has 0 spiro atoms. The lowest BCUT2D eigenvalue weighted by Gasteiger charge is -2.28. The molecule has 3 aromatic carbocycles. The quantitative estimate of drug-likeness (QED) is 0.0963. The lowest BCUT2D eigenvalue weighted by atomic mass is 9.96. The molecule has 248 valence electrons. The van der Waals surface area contributed by atoms with Crippen molar-refractivity contribution in [1.82, 2.24) is 20.9 Å². The van der Waals surface area contributed by atoms with Crippen LogP contribution in [-0.4, -0.2) is 68.2 Å². The number of carbonyl (C=O) groups excluding carboxylic acids is 3. The summed E-state index contributed by atoms with van der Waals surface area (Å²) in [5, 5.41) is 38.2. The van der Waals surface area contributed by atoms with Gasteiger partial charge in [0.1, 0.15) is 29.6 Å². The highest BCUT2D eigenvalue weighted by atomic mass is 16.4. The van der Waals surface area contributed by atoms with Crippen molar-refractivity contribution in [1.29, 1.82) is 0 Å². The van der Waals surface area contributed by atoms with Crippen LogP contribution in [0.15, 0.2) is 79.0 Å². The number of nitrogens with one attached hydrogen (secondary N) is 4. The zero-order valence-electron chi connectivity index (χ0n) is 26.3. The molecule has 1 heterocycles. The van der Waals surface area contributed by atoms with Crippen LogP contribution < -0.4 is 21.7 Å². The summed E-state index contributed by atoms with van der Waals surface area (Å²) in [4.78, 5) is 55.9. The van der Waals surface area contributed by atoms with Crippen LogP contribution in [0.2, 0.25) is 0 Å². The molecule has 0 fully saturated rings. The Labute approximate surface area is 272 Å². The number of amides is 3. The lowest BCUT2D eigenvalue weighted by molar-refractivity contribution is -0.142. The molecule has 0 saturated heterocycles. The summed E-state index contributed by atoms with van der Waals surface area (Å²) < 4.78 is 0. The maximum absolute atomic E-state index is 13.8. The summed E-state index contributed by atoms with van der Waals surface area (Å²) in [6, 6.07) is 15.3. The highest BCUT2D eigenvalue weighted by molar-refractivity contribution is 5.94. The van der Waals surface area contributed by atoms with Gasteiger partial charge < -0.3 is 42.0 Å². The van der Waals surface area contributed by atoms with Crippen LogP contribution in [0.1, 0.15) is 37.0 Å². The summed E-state index contributed by atoms with van der Waals surface area (Å²) in [5.41, 5.74) is 9.08. The third-order valence-electron chi connectivity index (χ3n) is 8.24. The normalized spacial score (nSPS) is 14.4. The van der Waals surface area contributed by atoms with Crippen LogP contribution in [0.5, 0.6) is 11.5 Å². The van der Waals surface area contributed by atoms with E-state index < -0.39 is 47.9 Å². The zero-order chi connectivity index (χ0) is 34.1. The smallest absolute Gasteiger partial charge is 0.326 e. The molecule has 0 aliphatic carbocycles. The first-order valence-electron chi connectivity index (χ1n) is 15.5. The minimum absolute atomic E-state index is 0.0186. The van der Waals surface area contributed by atoms with Gasteiger partial charge >= 0.3 is 5.97 Å². The number of nitrogens with two attached hydrogens (primary N) is 1. The Bertz CT molecular complexity index is 1690. The van der Waals surface area contributed by atoms with Crippen LogP contribution in [0.4, 0.5) is 0 Å². The number of aromatic amines is 1. The Morgan fingerprint density at radius 1 is 0.745 bits per heavy atom. The summed E-state index contributed by atoms with van der Waals surface area (Å²) in [6.45, 7) is 3.61. The molecule has 12 heteroatoms. The number of rotatable bonds is 15. The average Bonchev–Trinajstić information content (AvgIpc) is 3.47.